The predicted molar refractivity (Wildman–Crippen MR) is 143 cm³/mol. The van der Waals surface area contributed by atoms with Crippen LogP contribution in [-0.2, 0) is 9.53 Å². The summed E-state index contributed by atoms with van der Waals surface area (Å²) in [5.41, 5.74) is 7.55. The number of carbonyl (C=O) groups is 2. The number of carbonyl (C=O) groups excluding carboxylic acids is 2. The van der Waals surface area contributed by atoms with E-state index in [0.717, 1.165) is 29.5 Å². The normalized spacial score (nSPS) is 27.7. The van der Waals surface area contributed by atoms with Crippen LogP contribution in [0.4, 0.5) is 0 Å². The Bertz CT molecular complexity index is 1290. The molecule has 4 atom stereocenters. The summed E-state index contributed by atoms with van der Waals surface area (Å²) in [5.74, 6) is 0.510. The molecule has 2 aliphatic heterocycles. The summed E-state index contributed by atoms with van der Waals surface area (Å²) in [7, 11) is 1.62. The third-order valence-electron chi connectivity index (χ3n) is 8.40. The summed E-state index contributed by atoms with van der Waals surface area (Å²) >= 11 is 0. The van der Waals surface area contributed by atoms with Gasteiger partial charge < -0.3 is 25.6 Å². The number of aliphatic hydroxyl groups is 1. The Morgan fingerprint density at radius 3 is 2.63 bits per heavy atom. The molecule has 4 N–H and O–H groups in total. The van der Waals surface area contributed by atoms with Crippen LogP contribution in [0.25, 0.3) is 0 Å². The molecule has 0 saturated heterocycles. The number of nitrogens with zero attached hydrogens (tertiary/aromatic N) is 2. The summed E-state index contributed by atoms with van der Waals surface area (Å²) in [4.78, 5) is 33.1. The minimum Gasteiger partial charge on any atom is -0.490 e. The van der Waals surface area contributed by atoms with Gasteiger partial charge in [-0.25, -0.2) is 4.99 Å². The molecule has 202 valence electrons. The first kappa shape index (κ1) is 26.2. The molecule has 5 rings (SSSR count). The van der Waals surface area contributed by atoms with Crippen molar-refractivity contribution < 1.29 is 24.2 Å². The molecule has 0 unspecified atom stereocenters. The third-order valence-corrected chi connectivity index (χ3v) is 8.40. The van der Waals surface area contributed by atoms with Crippen molar-refractivity contribution in [1.29, 1.82) is 0 Å². The van der Waals surface area contributed by atoms with Crippen molar-refractivity contribution in [3.05, 3.63) is 64.7 Å². The highest BCUT2D eigenvalue weighted by Crippen LogP contribution is 2.46. The molecule has 0 fully saturated rings. The molecule has 0 aromatic heterocycles. The number of fused-ring (bicyclic) bond motifs is 2. The first-order chi connectivity index (χ1) is 18.1. The van der Waals surface area contributed by atoms with E-state index in [0.29, 0.717) is 24.2 Å². The standard InChI is InChI=1S/C29H36N4O5/c1-5-29(6-2)15-24(34)33(27(30)32-29)21-14-23(37-4)20-13-17(11-12-18(20)21)26(35)31-25-19-9-7-8-10-22(19)38-16-28(25,3)36/h7-13,21,23,25,36H,5-6,14-16H2,1-4H3,(H2,30,32)(H,31,35)/t21-,23-,25-,28-/m1/s1. The molecule has 2 heterocycles. The molecular formula is C29H36N4O5. The number of nitrogens with two attached hydrogens (primary N) is 1. The lowest BCUT2D eigenvalue weighted by molar-refractivity contribution is -0.131. The number of ether oxygens (including phenoxy) is 2. The lowest BCUT2D eigenvalue weighted by Crippen LogP contribution is -2.52. The highest BCUT2D eigenvalue weighted by Gasteiger charge is 2.45. The molecule has 38 heavy (non-hydrogen) atoms. The Morgan fingerprint density at radius 2 is 1.95 bits per heavy atom. The second-order valence-electron chi connectivity index (χ2n) is 10.8. The maximum Gasteiger partial charge on any atom is 0.251 e. The van der Waals surface area contributed by atoms with Crippen molar-refractivity contribution in [1.82, 2.24) is 10.2 Å². The molecule has 9 heteroatoms. The van der Waals surface area contributed by atoms with E-state index in [1.807, 2.05) is 50.2 Å². The van der Waals surface area contributed by atoms with E-state index in [9.17, 15) is 14.7 Å². The first-order valence-corrected chi connectivity index (χ1v) is 13.2. The fourth-order valence-electron chi connectivity index (χ4n) is 5.99. The highest BCUT2D eigenvalue weighted by atomic mass is 16.5. The van der Waals surface area contributed by atoms with Crippen molar-refractivity contribution in [2.75, 3.05) is 13.7 Å². The van der Waals surface area contributed by atoms with Crippen molar-refractivity contribution in [2.45, 2.75) is 75.8 Å². The zero-order valence-electron chi connectivity index (χ0n) is 22.4. The van der Waals surface area contributed by atoms with E-state index in [2.05, 4.69) is 5.32 Å². The van der Waals surface area contributed by atoms with Gasteiger partial charge in [0.05, 0.1) is 30.1 Å². The molecule has 0 saturated carbocycles. The van der Waals surface area contributed by atoms with E-state index >= 15 is 0 Å². The number of hydrogen-bond donors (Lipinski definition) is 3. The van der Waals surface area contributed by atoms with Gasteiger partial charge in [-0.3, -0.25) is 14.5 Å². The summed E-state index contributed by atoms with van der Waals surface area (Å²) in [6.07, 6.45) is 2.02. The van der Waals surface area contributed by atoms with Gasteiger partial charge in [-0.2, -0.15) is 0 Å². The molecule has 9 nitrogen and oxygen atoms in total. The summed E-state index contributed by atoms with van der Waals surface area (Å²) in [6.45, 7) is 5.77. The van der Waals surface area contributed by atoms with Gasteiger partial charge in [-0.05, 0) is 49.1 Å². The van der Waals surface area contributed by atoms with Gasteiger partial charge in [-0.15, -0.1) is 0 Å². The maximum atomic E-state index is 13.4. The van der Waals surface area contributed by atoms with Gasteiger partial charge in [0.15, 0.2) is 5.96 Å². The Labute approximate surface area is 223 Å². The van der Waals surface area contributed by atoms with Crippen molar-refractivity contribution >= 4 is 17.8 Å². The van der Waals surface area contributed by atoms with Gasteiger partial charge in [0.25, 0.3) is 5.91 Å². The van der Waals surface area contributed by atoms with Gasteiger partial charge >= 0.3 is 0 Å². The molecule has 2 aromatic carbocycles. The van der Waals surface area contributed by atoms with Crippen molar-refractivity contribution in [3.8, 4) is 5.75 Å². The fraction of sp³-hybridized carbons (Fsp3) is 0.483. The largest absolute Gasteiger partial charge is 0.490 e. The number of hydrogen-bond acceptors (Lipinski definition) is 7. The maximum absolute atomic E-state index is 13.4. The monoisotopic (exact) mass is 520 g/mol. The average molecular weight is 521 g/mol. The molecular weight excluding hydrogens is 484 g/mol. The van der Waals surface area contributed by atoms with Gasteiger partial charge in [-0.1, -0.05) is 38.1 Å². The quantitative estimate of drug-likeness (QED) is 0.535. The summed E-state index contributed by atoms with van der Waals surface area (Å²) in [6, 6.07) is 11.8. The van der Waals surface area contributed by atoms with E-state index in [1.54, 1.807) is 25.0 Å². The zero-order valence-corrected chi connectivity index (χ0v) is 22.4. The van der Waals surface area contributed by atoms with Crippen LogP contribution >= 0.6 is 0 Å². The van der Waals surface area contributed by atoms with Gasteiger partial charge in [0, 0.05) is 24.7 Å². The number of nitrogens with one attached hydrogen (secondary N) is 1. The van der Waals surface area contributed by atoms with E-state index < -0.39 is 17.2 Å². The van der Waals surface area contributed by atoms with Crippen molar-refractivity contribution in [3.63, 3.8) is 0 Å². The SMILES string of the molecule is CCC1(CC)CC(=O)N([C@@H]2C[C@@H](OC)c3cc(C(=O)N[C@@H]4c5ccccc5OC[C@@]4(C)O)ccc32)C(N)=N1. The Balaban J connectivity index is 1.44. The molecule has 0 bridgehead atoms. The number of rotatable bonds is 6. The van der Waals surface area contributed by atoms with Crippen LogP contribution in [0, 0.1) is 0 Å². The average Bonchev–Trinajstić information content (AvgIpc) is 3.27. The lowest BCUT2D eigenvalue weighted by atomic mass is 9.87. The smallest absolute Gasteiger partial charge is 0.251 e. The number of methoxy groups -OCH3 is 1. The molecule has 3 aliphatic rings. The third kappa shape index (κ3) is 4.33. The number of guanidine groups is 1. The minimum absolute atomic E-state index is 0.0452. The first-order valence-electron chi connectivity index (χ1n) is 13.2. The summed E-state index contributed by atoms with van der Waals surface area (Å²) in [5, 5.41) is 14.0. The topological polar surface area (TPSA) is 126 Å². The van der Waals surface area contributed by atoms with Crippen LogP contribution < -0.4 is 15.8 Å². The number of aliphatic imine (C=N–C) groups is 1. The molecule has 0 radical (unpaired) electrons. The number of para-hydroxylation sites is 1. The zero-order chi connectivity index (χ0) is 27.2. The minimum atomic E-state index is -1.28. The Hall–Kier alpha value is -3.43. The van der Waals surface area contributed by atoms with Crippen LogP contribution in [0.3, 0.4) is 0 Å². The Morgan fingerprint density at radius 1 is 1.21 bits per heavy atom. The van der Waals surface area contributed by atoms with Crippen LogP contribution in [0.2, 0.25) is 0 Å². The van der Waals surface area contributed by atoms with Gasteiger partial charge in [0.1, 0.15) is 18.0 Å². The van der Waals surface area contributed by atoms with Crippen LogP contribution in [0.5, 0.6) is 5.75 Å². The number of benzene rings is 2. The second-order valence-corrected chi connectivity index (χ2v) is 10.8. The molecule has 2 amide bonds. The van der Waals surface area contributed by atoms with Crippen LogP contribution in [-0.4, -0.2) is 52.6 Å². The van der Waals surface area contributed by atoms with E-state index in [1.165, 1.54) is 0 Å². The molecule has 0 spiro atoms. The molecule has 2 aromatic rings. The number of amides is 2. The lowest BCUT2D eigenvalue weighted by Gasteiger charge is -2.39. The summed E-state index contributed by atoms with van der Waals surface area (Å²) < 4.78 is 11.5. The fourth-order valence-corrected chi connectivity index (χ4v) is 5.99. The van der Waals surface area contributed by atoms with E-state index in [-0.39, 0.29) is 36.5 Å². The van der Waals surface area contributed by atoms with Crippen molar-refractivity contribution in [2.24, 2.45) is 10.7 Å². The second kappa shape index (κ2) is 9.71. The van der Waals surface area contributed by atoms with E-state index in [4.69, 9.17) is 20.2 Å². The van der Waals surface area contributed by atoms with Crippen LogP contribution in [0.15, 0.2) is 47.5 Å². The Kier molecular flexibility index (Phi) is 6.69. The van der Waals surface area contributed by atoms with Crippen LogP contribution in [0.1, 0.15) is 91.7 Å². The highest BCUT2D eigenvalue weighted by molar-refractivity contribution is 6.00. The predicted octanol–water partition coefficient (Wildman–Crippen LogP) is 3.54. The van der Waals surface area contributed by atoms with Gasteiger partial charge in [0.2, 0.25) is 5.91 Å². The molecule has 1 aliphatic carbocycles.